The second-order valence-corrected chi connectivity index (χ2v) is 6.56. The van der Waals surface area contributed by atoms with Crippen molar-refractivity contribution in [2.24, 2.45) is 0 Å². The maximum absolute atomic E-state index is 12.3. The van der Waals surface area contributed by atoms with Crippen LogP contribution in [0.1, 0.15) is 11.4 Å². The molecule has 0 unspecified atom stereocenters. The van der Waals surface area contributed by atoms with Gasteiger partial charge in [0.2, 0.25) is 0 Å². The van der Waals surface area contributed by atoms with Crippen molar-refractivity contribution in [1.82, 2.24) is 20.0 Å². The van der Waals surface area contributed by atoms with E-state index in [-0.39, 0.29) is 12.7 Å². The van der Waals surface area contributed by atoms with Crippen molar-refractivity contribution in [2.45, 2.75) is 13.5 Å². The van der Waals surface area contributed by atoms with Crippen LogP contribution >= 0.6 is 0 Å². The Balaban J connectivity index is 1.33. The highest BCUT2D eigenvalue weighted by Crippen LogP contribution is 2.22. The van der Waals surface area contributed by atoms with Crippen LogP contribution in [0.3, 0.4) is 0 Å². The van der Waals surface area contributed by atoms with Crippen molar-refractivity contribution in [2.75, 3.05) is 31.1 Å². The van der Waals surface area contributed by atoms with Gasteiger partial charge in [-0.05, 0) is 24.6 Å². The van der Waals surface area contributed by atoms with Gasteiger partial charge in [-0.25, -0.2) is 9.78 Å². The molecule has 0 aliphatic carbocycles. The van der Waals surface area contributed by atoms with Gasteiger partial charge in [-0.3, -0.25) is 0 Å². The lowest BCUT2D eigenvalue weighted by Gasteiger charge is -2.34. The summed E-state index contributed by atoms with van der Waals surface area (Å²) < 4.78 is 10.6. The zero-order chi connectivity index (χ0) is 19.3. The number of carbonyl (C=O) groups is 1. The predicted molar refractivity (Wildman–Crippen MR) is 103 cm³/mol. The normalized spacial score (nSPS) is 14.2. The standard InChI is InChI=1S/C20H21N5O3/c1-15-22-19(28-23-15)17-7-8-21-18(13-17)24-9-11-25(12-10-24)20(26)27-14-16-5-3-2-4-6-16/h2-8,13H,9-12,14H2,1H3. The van der Waals surface area contributed by atoms with E-state index in [1.165, 1.54) is 0 Å². The van der Waals surface area contributed by atoms with Gasteiger partial charge in [0.25, 0.3) is 5.89 Å². The molecule has 8 nitrogen and oxygen atoms in total. The first-order valence-corrected chi connectivity index (χ1v) is 9.16. The molecule has 0 bridgehead atoms. The zero-order valence-electron chi connectivity index (χ0n) is 15.6. The summed E-state index contributed by atoms with van der Waals surface area (Å²) in [4.78, 5) is 24.9. The van der Waals surface area contributed by atoms with E-state index in [2.05, 4.69) is 20.0 Å². The van der Waals surface area contributed by atoms with E-state index in [0.29, 0.717) is 37.9 Å². The molecule has 1 aromatic carbocycles. The average molecular weight is 379 g/mol. The van der Waals surface area contributed by atoms with Gasteiger partial charge in [0.05, 0.1) is 0 Å². The average Bonchev–Trinajstić information content (AvgIpc) is 3.19. The van der Waals surface area contributed by atoms with Crippen LogP contribution in [-0.4, -0.2) is 52.3 Å². The fourth-order valence-corrected chi connectivity index (χ4v) is 3.07. The van der Waals surface area contributed by atoms with Gasteiger partial charge >= 0.3 is 6.09 Å². The van der Waals surface area contributed by atoms with E-state index in [9.17, 15) is 4.79 Å². The second kappa shape index (κ2) is 8.08. The van der Waals surface area contributed by atoms with Crippen LogP contribution in [0, 0.1) is 6.92 Å². The number of pyridine rings is 1. The van der Waals surface area contributed by atoms with Crippen molar-refractivity contribution in [3.8, 4) is 11.5 Å². The van der Waals surface area contributed by atoms with E-state index < -0.39 is 0 Å². The molecule has 0 spiro atoms. The number of aromatic nitrogens is 3. The summed E-state index contributed by atoms with van der Waals surface area (Å²) in [6.07, 6.45) is 1.44. The summed E-state index contributed by atoms with van der Waals surface area (Å²) in [5.41, 5.74) is 1.81. The van der Waals surface area contributed by atoms with Gasteiger partial charge in [0.15, 0.2) is 5.82 Å². The maximum Gasteiger partial charge on any atom is 0.410 e. The van der Waals surface area contributed by atoms with E-state index in [1.54, 1.807) is 18.0 Å². The third-order valence-electron chi connectivity index (χ3n) is 4.59. The molecule has 8 heteroatoms. The van der Waals surface area contributed by atoms with Crippen molar-refractivity contribution < 1.29 is 14.1 Å². The fourth-order valence-electron chi connectivity index (χ4n) is 3.07. The topological polar surface area (TPSA) is 84.6 Å². The Morgan fingerprint density at radius 1 is 1.14 bits per heavy atom. The summed E-state index contributed by atoms with van der Waals surface area (Å²) in [6, 6.07) is 13.4. The lowest BCUT2D eigenvalue weighted by molar-refractivity contribution is 0.0941. The van der Waals surface area contributed by atoms with E-state index in [0.717, 1.165) is 16.9 Å². The highest BCUT2D eigenvalue weighted by molar-refractivity contribution is 5.68. The van der Waals surface area contributed by atoms with Gasteiger partial charge in [0, 0.05) is 37.9 Å². The van der Waals surface area contributed by atoms with Crippen LogP contribution in [-0.2, 0) is 11.3 Å². The van der Waals surface area contributed by atoms with Crippen LogP contribution in [0.25, 0.3) is 11.5 Å². The van der Waals surface area contributed by atoms with E-state index >= 15 is 0 Å². The van der Waals surface area contributed by atoms with Crippen LogP contribution in [0.4, 0.5) is 10.6 Å². The van der Waals surface area contributed by atoms with Crippen molar-refractivity contribution in [1.29, 1.82) is 0 Å². The Bertz CT molecular complexity index is 936. The number of piperazine rings is 1. The third-order valence-corrected chi connectivity index (χ3v) is 4.59. The molecular weight excluding hydrogens is 358 g/mol. The van der Waals surface area contributed by atoms with Crippen LogP contribution in [0.15, 0.2) is 53.2 Å². The van der Waals surface area contributed by atoms with Crippen molar-refractivity contribution >= 4 is 11.9 Å². The molecule has 1 saturated heterocycles. The first-order chi connectivity index (χ1) is 13.7. The van der Waals surface area contributed by atoms with E-state index in [1.807, 2.05) is 42.5 Å². The monoisotopic (exact) mass is 379 g/mol. The number of nitrogens with zero attached hydrogens (tertiary/aromatic N) is 5. The van der Waals surface area contributed by atoms with E-state index in [4.69, 9.17) is 9.26 Å². The third kappa shape index (κ3) is 4.11. The highest BCUT2D eigenvalue weighted by atomic mass is 16.6. The number of ether oxygens (including phenoxy) is 1. The Hall–Kier alpha value is -3.42. The van der Waals surface area contributed by atoms with Crippen LogP contribution < -0.4 is 4.90 Å². The SMILES string of the molecule is Cc1noc(-c2ccnc(N3CCN(C(=O)OCc4ccccc4)CC3)c2)n1. The number of hydrogen-bond acceptors (Lipinski definition) is 7. The first kappa shape index (κ1) is 18.0. The Labute approximate surface area is 162 Å². The smallest absolute Gasteiger partial charge is 0.410 e. The lowest BCUT2D eigenvalue weighted by atomic mass is 10.2. The number of amides is 1. The van der Waals surface area contributed by atoms with Gasteiger partial charge < -0.3 is 19.1 Å². The minimum absolute atomic E-state index is 0.285. The Kier molecular flexibility index (Phi) is 5.18. The van der Waals surface area contributed by atoms with Crippen molar-refractivity contribution in [3.05, 3.63) is 60.0 Å². The Morgan fingerprint density at radius 2 is 1.93 bits per heavy atom. The molecule has 28 heavy (non-hydrogen) atoms. The molecule has 1 aliphatic heterocycles. The highest BCUT2D eigenvalue weighted by Gasteiger charge is 2.23. The molecule has 0 saturated carbocycles. The first-order valence-electron chi connectivity index (χ1n) is 9.16. The minimum atomic E-state index is -0.286. The largest absolute Gasteiger partial charge is 0.445 e. The van der Waals surface area contributed by atoms with Gasteiger partial charge in [0.1, 0.15) is 12.4 Å². The molecule has 2 aromatic heterocycles. The summed E-state index contributed by atoms with van der Waals surface area (Å²) in [5, 5.41) is 3.83. The molecule has 0 atom stereocenters. The minimum Gasteiger partial charge on any atom is -0.445 e. The molecule has 1 amide bonds. The number of carbonyl (C=O) groups excluding carboxylic acids is 1. The lowest BCUT2D eigenvalue weighted by Crippen LogP contribution is -2.49. The number of benzene rings is 1. The molecule has 1 aliphatic rings. The number of rotatable bonds is 4. The maximum atomic E-state index is 12.3. The van der Waals surface area contributed by atoms with Gasteiger partial charge in [-0.15, -0.1) is 0 Å². The molecule has 0 radical (unpaired) electrons. The Morgan fingerprint density at radius 3 is 2.64 bits per heavy atom. The fraction of sp³-hybridized carbons (Fsp3) is 0.300. The molecule has 0 N–H and O–H groups in total. The molecule has 4 rings (SSSR count). The quantitative estimate of drug-likeness (QED) is 0.689. The summed E-state index contributed by atoms with van der Waals surface area (Å²) in [5.74, 6) is 1.89. The number of anilines is 1. The van der Waals surface area contributed by atoms with Crippen LogP contribution in [0.5, 0.6) is 0 Å². The molecule has 3 aromatic rings. The summed E-state index contributed by atoms with van der Waals surface area (Å²) in [6.45, 7) is 4.59. The molecule has 3 heterocycles. The predicted octanol–water partition coefficient (Wildman–Crippen LogP) is 2.90. The summed E-state index contributed by atoms with van der Waals surface area (Å²) >= 11 is 0. The summed E-state index contributed by atoms with van der Waals surface area (Å²) in [7, 11) is 0. The van der Waals surface area contributed by atoms with Gasteiger partial charge in [-0.2, -0.15) is 4.98 Å². The van der Waals surface area contributed by atoms with Crippen molar-refractivity contribution in [3.63, 3.8) is 0 Å². The second-order valence-electron chi connectivity index (χ2n) is 6.56. The molecular formula is C20H21N5O3. The number of aryl methyl sites for hydroxylation is 1. The molecule has 144 valence electrons. The number of hydrogen-bond donors (Lipinski definition) is 0. The van der Waals surface area contributed by atoms with Crippen LogP contribution in [0.2, 0.25) is 0 Å². The zero-order valence-corrected chi connectivity index (χ0v) is 15.6. The van der Waals surface area contributed by atoms with Gasteiger partial charge in [-0.1, -0.05) is 35.5 Å². The molecule has 1 fully saturated rings.